The highest BCUT2D eigenvalue weighted by Gasteiger charge is 2.09. The number of benzene rings is 3. The summed E-state index contributed by atoms with van der Waals surface area (Å²) in [6.07, 6.45) is 5.28. The summed E-state index contributed by atoms with van der Waals surface area (Å²) in [5, 5.41) is 20.3. The van der Waals surface area contributed by atoms with E-state index in [9.17, 15) is 5.11 Å². The number of nitrogens with two attached hydrogens (primary N) is 2. The van der Waals surface area contributed by atoms with Crippen LogP contribution in [0.15, 0.2) is 73.1 Å². The SMILES string of the molecule is CN1C=CN(CCCNc2ccc(Nc3cc(Nc4ccc(N)cc4)c(N)cc3O)cc2)C1. The number of hydrogen-bond acceptors (Lipinski definition) is 8. The number of phenols is 1. The van der Waals surface area contributed by atoms with E-state index >= 15 is 0 Å². The first-order valence-corrected chi connectivity index (χ1v) is 10.9. The van der Waals surface area contributed by atoms with Crippen LogP contribution in [0, 0.1) is 0 Å². The fraction of sp³-hybridized carbons (Fsp3) is 0.200. The molecule has 0 unspecified atom stereocenters. The van der Waals surface area contributed by atoms with Gasteiger partial charge in [-0.15, -0.1) is 0 Å². The molecule has 0 spiro atoms. The van der Waals surface area contributed by atoms with Crippen LogP contribution in [0.1, 0.15) is 6.42 Å². The second-order valence-corrected chi connectivity index (χ2v) is 8.20. The first kappa shape index (κ1) is 22.0. The molecule has 1 aliphatic rings. The van der Waals surface area contributed by atoms with Crippen LogP contribution in [0.4, 0.5) is 39.8 Å². The van der Waals surface area contributed by atoms with Gasteiger partial charge >= 0.3 is 0 Å². The van der Waals surface area contributed by atoms with Crippen molar-refractivity contribution in [3.63, 3.8) is 0 Å². The van der Waals surface area contributed by atoms with Gasteiger partial charge in [-0.05, 0) is 61.0 Å². The maximum absolute atomic E-state index is 10.4. The van der Waals surface area contributed by atoms with Crippen molar-refractivity contribution in [2.45, 2.75) is 6.42 Å². The molecular formula is C25H31N7O. The fourth-order valence-electron chi connectivity index (χ4n) is 3.61. The maximum Gasteiger partial charge on any atom is 0.141 e. The molecule has 0 aromatic heterocycles. The Morgan fingerprint density at radius 3 is 2.15 bits per heavy atom. The van der Waals surface area contributed by atoms with Gasteiger partial charge in [-0.3, -0.25) is 0 Å². The molecule has 33 heavy (non-hydrogen) atoms. The number of nitrogen functional groups attached to an aromatic ring is 2. The quantitative estimate of drug-likeness (QED) is 0.123. The molecule has 8 heteroatoms. The molecule has 172 valence electrons. The zero-order valence-corrected chi connectivity index (χ0v) is 18.8. The Labute approximate surface area is 194 Å². The van der Waals surface area contributed by atoms with E-state index in [1.807, 2.05) is 48.5 Å². The summed E-state index contributed by atoms with van der Waals surface area (Å²) in [5.74, 6) is 0.0826. The molecule has 3 aromatic rings. The van der Waals surface area contributed by atoms with Crippen molar-refractivity contribution in [2.75, 3.05) is 54.2 Å². The van der Waals surface area contributed by atoms with E-state index in [1.165, 1.54) is 6.07 Å². The number of rotatable bonds is 9. The average molecular weight is 446 g/mol. The number of hydrogen-bond donors (Lipinski definition) is 6. The summed E-state index contributed by atoms with van der Waals surface area (Å²) < 4.78 is 0. The van der Waals surface area contributed by atoms with Crippen molar-refractivity contribution in [2.24, 2.45) is 0 Å². The molecular weight excluding hydrogens is 414 g/mol. The second kappa shape index (κ2) is 9.95. The van der Waals surface area contributed by atoms with E-state index in [1.54, 1.807) is 6.07 Å². The van der Waals surface area contributed by atoms with Gasteiger partial charge in [0.15, 0.2) is 0 Å². The van der Waals surface area contributed by atoms with Crippen molar-refractivity contribution in [3.05, 3.63) is 73.1 Å². The van der Waals surface area contributed by atoms with E-state index in [0.29, 0.717) is 22.7 Å². The first-order valence-electron chi connectivity index (χ1n) is 10.9. The van der Waals surface area contributed by atoms with Crippen LogP contribution in [-0.2, 0) is 0 Å². The fourth-order valence-corrected chi connectivity index (χ4v) is 3.61. The predicted molar refractivity (Wildman–Crippen MR) is 138 cm³/mol. The highest BCUT2D eigenvalue weighted by atomic mass is 16.3. The summed E-state index contributed by atoms with van der Waals surface area (Å²) >= 11 is 0. The van der Waals surface area contributed by atoms with Crippen LogP contribution < -0.4 is 27.4 Å². The Hall–Kier alpha value is -4.20. The third kappa shape index (κ3) is 5.94. The summed E-state index contributed by atoms with van der Waals surface area (Å²) in [4.78, 5) is 4.46. The molecule has 8 nitrogen and oxygen atoms in total. The molecule has 0 amide bonds. The summed E-state index contributed by atoms with van der Waals surface area (Å²) in [6, 6.07) is 18.7. The maximum atomic E-state index is 10.4. The molecule has 0 saturated heterocycles. The number of aromatic hydroxyl groups is 1. The van der Waals surface area contributed by atoms with Crippen LogP contribution >= 0.6 is 0 Å². The summed E-state index contributed by atoms with van der Waals surface area (Å²) in [6.45, 7) is 2.88. The van der Waals surface area contributed by atoms with Gasteiger partial charge in [0, 0.05) is 61.4 Å². The van der Waals surface area contributed by atoms with Crippen molar-refractivity contribution in [3.8, 4) is 5.75 Å². The Morgan fingerprint density at radius 2 is 1.48 bits per heavy atom. The van der Waals surface area contributed by atoms with Gasteiger partial charge < -0.3 is 42.3 Å². The molecule has 0 aliphatic carbocycles. The molecule has 0 saturated carbocycles. The minimum Gasteiger partial charge on any atom is -0.506 e. The number of phenolic OH excluding ortho intramolecular Hbond substituents is 1. The lowest BCUT2D eigenvalue weighted by Gasteiger charge is -2.18. The average Bonchev–Trinajstić information content (AvgIpc) is 3.22. The molecule has 1 heterocycles. The molecule has 1 aliphatic heterocycles. The topological polar surface area (TPSA) is 115 Å². The lowest BCUT2D eigenvalue weighted by molar-refractivity contribution is 0.296. The zero-order valence-electron chi connectivity index (χ0n) is 18.8. The Bertz CT molecular complexity index is 1100. The van der Waals surface area contributed by atoms with Crippen LogP contribution in [0.25, 0.3) is 0 Å². The predicted octanol–water partition coefficient (Wildman–Crippen LogP) is 4.52. The van der Waals surface area contributed by atoms with Crippen molar-refractivity contribution >= 4 is 39.8 Å². The molecule has 8 N–H and O–H groups in total. The molecule has 4 rings (SSSR count). The van der Waals surface area contributed by atoms with Crippen molar-refractivity contribution in [1.82, 2.24) is 9.80 Å². The molecule has 3 aromatic carbocycles. The molecule has 0 bridgehead atoms. The van der Waals surface area contributed by atoms with Gasteiger partial charge in [0.2, 0.25) is 0 Å². The minimum absolute atomic E-state index is 0.0826. The number of nitrogens with zero attached hydrogens (tertiary/aromatic N) is 2. The highest BCUT2D eigenvalue weighted by Crippen LogP contribution is 2.36. The molecule has 0 radical (unpaired) electrons. The van der Waals surface area contributed by atoms with Crippen LogP contribution in [-0.4, -0.2) is 41.7 Å². The van der Waals surface area contributed by atoms with Gasteiger partial charge in [0.25, 0.3) is 0 Å². The van der Waals surface area contributed by atoms with Gasteiger partial charge in [-0.25, -0.2) is 0 Å². The van der Waals surface area contributed by atoms with E-state index in [2.05, 4.69) is 45.2 Å². The number of nitrogens with one attached hydrogen (secondary N) is 3. The Balaban J connectivity index is 1.33. The normalized spacial score (nSPS) is 12.8. The van der Waals surface area contributed by atoms with Crippen molar-refractivity contribution < 1.29 is 5.11 Å². The monoisotopic (exact) mass is 445 g/mol. The third-order valence-electron chi connectivity index (χ3n) is 5.41. The van der Waals surface area contributed by atoms with E-state index in [0.717, 1.165) is 43.2 Å². The highest BCUT2D eigenvalue weighted by molar-refractivity contribution is 5.82. The Morgan fingerprint density at radius 1 is 0.848 bits per heavy atom. The van der Waals surface area contributed by atoms with Gasteiger partial charge in [-0.1, -0.05) is 0 Å². The second-order valence-electron chi connectivity index (χ2n) is 8.20. The smallest absolute Gasteiger partial charge is 0.141 e. The van der Waals surface area contributed by atoms with Crippen molar-refractivity contribution in [1.29, 1.82) is 0 Å². The molecule has 0 fully saturated rings. The van der Waals surface area contributed by atoms with Crippen LogP contribution in [0.2, 0.25) is 0 Å². The standard InChI is InChI=1S/C25H31N7O/c1-31-13-14-32(17-31)12-2-11-28-19-7-9-21(10-8-19)30-24-16-23(22(27)15-25(24)33)29-20-5-3-18(26)4-6-20/h3-10,13-16,28-30,33H,2,11-12,17,26-27H2,1H3. The Kier molecular flexibility index (Phi) is 6.64. The lowest BCUT2D eigenvalue weighted by Crippen LogP contribution is -2.24. The third-order valence-corrected chi connectivity index (χ3v) is 5.41. The van der Waals surface area contributed by atoms with E-state index in [-0.39, 0.29) is 5.75 Å². The van der Waals surface area contributed by atoms with E-state index < -0.39 is 0 Å². The van der Waals surface area contributed by atoms with Crippen LogP contribution in [0.3, 0.4) is 0 Å². The minimum atomic E-state index is 0.0826. The summed E-state index contributed by atoms with van der Waals surface area (Å²) in [7, 11) is 2.08. The number of anilines is 7. The first-order chi connectivity index (χ1) is 16.0. The van der Waals surface area contributed by atoms with Gasteiger partial charge in [-0.2, -0.15) is 0 Å². The largest absolute Gasteiger partial charge is 0.506 e. The van der Waals surface area contributed by atoms with Crippen LogP contribution in [0.5, 0.6) is 5.75 Å². The summed E-state index contributed by atoms with van der Waals surface area (Å²) in [5.41, 5.74) is 17.0. The van der Waals surface area contributed by atoms with E-state index in [4.69, 9.17) is 11.5 Å². The van der Waals surface area contributed by atoms with Gasteiger partial charge in [0.05, 0.1) is 23.7 Å². The zero-order chi connectivity index (χ0) is 23.2. The lowest BCUT2D eigenvalue weighted by atomic mass is 10.2. The van der Waals surface area contributed by atoms with Gasteiger partial charge in [0.1, 0.15) is 5.75 Å². The molecule has 0 atom stereocenters.